The molecule has 0 aliphatic rings. The summed E-state index contributed by atoms with van der Waals surface area (Å²) < 4.78 is 5.25. The van der Waals surface area contributed by atoms with Crippen molar-refractivity contribution >= 4 is 5.78 Å². The highest BCUT2D eigenvalue weighted by atomic mass is 16.3. The van der Waals surface area contributed by atoms with Crippen molar-refractivity contribution in [3.8, 4) is 0 Å². The Labute approximate surface area is 77.9 Å². The molecule has 3 heteroatoms. The summed E-state index contributed by atoms with van der Waals surface area (Å²) in [5, 5.41) is 0. The van der Waals surface area contributed by atoms with Gasteiger partial charge >= 0.3 is 0 Å². The van der Waals surface area contributed by atoms with Gasteiger partial charge in [-0.15, -0.1) is 0 Å². The normalized spacial score (nSPS) is 11.7. The highest BCUT2D eigenvalue weighted by Gasteiger charge is 2.25. The fourth-order valence-corrected chi connectivity index (χ4v) is 0.979. The van der Waals surface area contributed by atoms with E-state index >= 15 is 0 Å². The van der Waals surface area contributed by atoms with Crippen molar-refractivity contribution < 1.29 is 9.21 Å². The van der Waals surface area contributed by atoms with Crippen LogP contribution in [0.3, 0.4) is 0 Å². The number of nitrogens with two attached hydrogens (primary N) is 1. The lowest BCUT2D eigenvalue weighted by molar-refractivity contribution is 0.0826. The maximum absolute atomic E-state index is 11.7. The lowest BCUT2D eigenvalue weighted by atomic mass is 9.89. The first-order valence-electron chi connectivity index (χ1n) is 4.28. The molecule has 72 valence electrons. The van der Waals surface area contributed by atoms with E-state index in [0.717, 1.165) is 0 Å². The zero-order chi connectivity index (χ0) is 10.1. The molecule has 0 fully saturated rings. The standard InChI is InChI=1S/C10H15NO2/c1-10(2,3)9(12)8-5-4-7(6-11)13-8/h4-5H,6,11H2,1-3H3. The van der Waals surface area contributed by atoms with Crippen LogP contribution >= 0.6 is 0 Å². The first-order chi connectivity index (χ1) is 5.95. The molecule has 0 unspecified atom stereocenters. The second-order valence-electron chi connectivity index (χ2n) is 4.05. The summed E-state index contributed by atoms with van der Waals surface area (Å²) in [4.78, 5) is 11.7. The Balaban J connectivity index is 2.90. The first kappa shape index (κ1) is 9.99. The second kappa shape index (κ2) is 3.34. The molecule has 1 aromatic heterocycles. The molecule has 0 bridgehead atoms. The number of carbonyl (C=O) groups is 1. The molecule has 13 heavy (non-hydrogen) atoms. The summed E-state index contributed by atoms with van der Waals surface area (Å²) in [6, 6.07) is 3.41. The lowest BCUT2D eigenvalue weighted by Gasteiger charge is -2.13. The van der Waals surface area contributed by atoms with Crippen LogP contribution in [0.15, 0.2) is 16.5 Å². The lowest BCUT2D eigenvalue weighted by Crippen LogP contribution is -2.19. The van der Waals surface area contributed by atoms with Crippen LogP contribution in [0.5, 0.6) is 0 Å². The van der Waals surface area contributed by atoms with Crippen LogP contribution in [0.25, 0.3) is 0 Å². The molecule has 0 saturated carbocycles. The second-order valence-corrected chi connectivity index (χ2v) is 4.05. The number of Topliss-reactive ketones (excluding diaryl/α,β-unsaturated/α-hetero) is 1. The van der Waals surface area contributed by atoms with Crippen LogP contribution in [0.4, 0.5) is 0 Å². The average Bonchev–Trinajstić information content (AvgIpc) is 2.48. The van der Waals surface area contributed by atoms with Gasteiger partial charge in [-0.3, -0.25) is 4.79 Å². The summed E-state index contributed by atoms with van der Waals surface area (Å²) in [6.45, 7) is 5.91. The number of carbonyl (C=O) groups excluding carboxylic acids is 1. The van der Waals surface area contributed by atoms with Crippen molar-refractivity contribution in [1.29, 1.82) is 0 Å². The summed E-state index contributed by atoms with van der Waals surface area (Å²) in [5.41, 5.74) is 4.97. The SMILES string of the molecule is CC(C)(C)C(=O)c1ccc(CN)o1. The smallest absolute Gasteiger partial charge is 0.203 e. The summed E-state index contributed by atoms with van der Waals surface area (Å²) in [6.07, 6.45) is 0. The van der Waals surface area contributed by atoms with Gasteiger partial charge in [-0.2, -0.15) is 0 Å². The topological polar surface area (TPSA) is 56.2 Å². The number of furan rings is 1. The Morgan fingerprint density at radius 2 is 2.08 bits per heavy atom. The molecule has 1 aromatic rings. The Morgan fingerprint density at radius 3 is 2.46 bits per heavy atom. The van der Waals surface area contributed by atoms with Crippen molar-refractivity contribution in [2.24, 2.45) is 11.1 Å². The first-order valence-corrected chi connectivity index (χ1v) is 4.28. The number of rotatable bonds is 2. The number of ketones is 1. The van der Waals surface area contributed by atoms with E-state index in [0.29, 0.717) is 18.1 Å². The van der Waals surface area contributed by atoms with Crippen LogP contribution in [0.2, 0.25) is 0 Å². The van der Waals surface area contributed by atoms with E-state index in [4.69, 9.17) is 10.2 Å². The van der Waals surface area contributed by atoms with Gasteiger partial charge in [0.05, 0.1) is 6.54 Å². The Hall–Kier alpha value is -1.09. The zero-order valence-corrected chi connectivity index (χ0v) is 8.26. The van der Waals surface area contributed by atoms with Gasteiger partial charge < -0.3 is 10.2 Å². The molecular weight excluding hydrogens is 166 g/mol. The monoisotopic (exact) mass is 181 g/mol. The van der Waals surface area contributed by atoms with Crippen molar-refractivity contribution in [2.75, 3.05) is 0 Å². The van der Waals surface area contributed by atoms with Crippen LogP contribution in [-0.4, -0.2) is 5.78 Å². The number of hydrogen-bond acceptors (Lipinski definition) is 3. The average molecular weight is 181 g/mol. The van der Waals surface area contributed by atoms with Gasteiger partial charge in [0.2, 0.25) is 5.78 Å². The van der Waals surface area contributed by atoms with Gasteiger partial charge in [0.1, 0.15) is 5.76 Å². The van der Waals surface area contributed by atoms with Crippen LogP contribution in [0.1, 0.15) is 37.1 Å². The van der Waals surface area contributed by atoms with Crippen molar-refractivity contribution in [2.45, 2.75) is 27.3 Å². The minimum atomic E-state index is -0.399. The van der Waals surface area contributed by atoms with Gasteiger partial charge in [-0.05, 0) is 12.1 Å². The van der Waals surface area contributed by atoms with Gasteiger partial charge in [-0.1, -0.05) is 20.8 Å². The molecule has 0 atom stereocenters. The zero-order valence-electron chi connectivity index (χ0n) is 8.26. The van der Waals surface area contributed by atoms with Crippen molar-refractivity contribution in [3.05, 3.63) is 23.7 Å². The largest absolute Gasteiger partial charge is 0.457 e. The molecule has 0 saturated heterocycles. The quantitative estimate of drug-likeness (QED) is 0.709. The maximum atomic E-state index is 11.7. The predicted octanol–water partition coefficient (Wildman–Crippen LogP) is 1.97. The highest BCUT2D eigenvalue weighted by Crippen LogP contribution is 2.21. The Bertz CT molecular complexity index is 307. The van der Waals surface area contributed by atoms with E-state index in [1.54, 1.807) is 12.1 Å². The fourth-order valence-electron chi connectivity index (χ4n) is 0.979. The van der Waals surface area contributed by atoms with Crippen LogP contribution < -0.4 is 5.73 Å². The molecule has 2 N–H and O–H groups in total. The van der Waals surface area contributed by atoms with E-state index in [2.05, 4.69) is 0 Å². The van der Waals surface area contributed by atoms with Crippen LogP contribution in [0, 0.1) is 5.41 Å². The van der Waals surface area contributed by atoms with Crippen molar-refractivity contribution in [3.63, 3.8) is 0 Å². The minimum absolute atomic E-state index is 0.00667. The summed E-state index contributed by atoms with van der Waals surface area (Å²) in [5.74, 6) is 1.05. The Kier molecular flexibility index (Phi) is 2.57. The van der Waals surface area contributed by atoms with E-state index in [1.165, 1.54) is 0 Å². The summed E-state index contributed by atoms with van der Waals surface area (Å²) >= 11 is 0. The highest BCUT2D eigenvalue weighted by molar-refractivity contribution is 5.97. The third-order valence-electron chi connectivity index (χ3n) is 1.77. The molecular formula is C10H15NO2. The minimum Gasteiger partial charge on any atom is -0.457 e. The molecule has 0 aliphatic heterocycles. The third kappa shape index (κ3) is 2.18. The van der Waals surface area contributed by atoms with E-state index in [1.807, 2.05) is 20.8 Å². The molecule has 1 rings (SSSR count). The van der Waals surface area contributed by atoms with Crippen LogP contribution in [-0.2, 0) is 6.54 Å². The molecule has 1 heterocycles. The van der Waals surface area contributed by atoms with E-state index in [-0.39, 0.29) is 5.78 Å². The molecule has 0 amide bonds. The molecule has 0 aromatic carbocycles. The van der Waals surface area contributed by atoms with Gasteiger partial charge in [0.15, 0.2) is 5.76 Å². The maximum Gasteiger partial charge on any atom is 0.203 e. The molecule has 0 spiro atoms. The van der Waals surface area contributed by atoms with Crippen molar-refractivity contribution in [1.82, 2.24) is 0 Å². The molecule has 0 radical (unpaired) electrons. The summed E-state index contributed by atoms with van der Waals surface area (Å²) in [7, 11) is 0. The number of hydrogen-bond donors (Lipinski definition) is 1. The van der Waals surface area contributed by atoms with Gasteiger partial charge in [0, 0.05) is 5.41 Å². The van der Waals surface area contributed by atoms with Gasteiger partial charge in [-0.25, -0.2) is 0 Å². The van der Waals surface area contributed by atoms with Gasteiger partial charge in [0.25, 0.3) is 0 Å². The van der Waals surface area contributed by atoms with E-state index < -0.39 is 5.41 Å². The van der Waals surface area contributed by atoms with E-state index in [9.17, 15) is 4.79 Å². The Morgan fingerprint density at radius 1 is 1.46 bits per heavy atom. The molecule has 3 nitrogen and oxygen atoms in total. The fraction of sp³-hybridized carbons (Fsp3) is 0.500. The molecule has 0 aliphatic carbocycles. The predicted molar refractivity (Wildman–Crippen MR) is 50.4 cm³/mol. The third-order valence-corrected chi connectivity index (χ3v) is 1.77.